The van der Waals surface area contributed by atoms with E-state index in [-0.39, 0.29) is 11.8 Å². The fourth-order valence-corrected chi connectivity index (χ4v) is 2.49. The Balaban J connectivity index is 1.71. The highest BCUT2D eigenvalue weighted by molar-refractivity contribution is 5.84. The summed E-state index contributed by atoms with van der Waals surface area (Å²) in [5, 5.41) is 14.0. The van der Waals surface area contributed by atoms with Gasteiger partial charge in [0.05, 0.1) is 12.5 Å². The monoisotopic (exact) mass is 271 g/mol. The molecule has 0 fully saturated rings. The fraction of sp³-hybridized carbons (Fsp3) is 0.357. The van der Waals surface area contributed by atoms with Crippen molar-refractivity contribution in [1.82, 2.24) is 25.4 Å². The summed E-state index contributed by atoms with van der Waals surface area (Å²) in [4.78, 5) is 12.4. The third-order valence-corrected chi connectivity index (χ3v) is 3.64. The van der Waals surface area contributed by atoms with Gasteiger partial charge in [0.15, 0.2) is 5.82 Å². The molecule has 0 spiro atoms. The Morgan fingerprint density at radius 2 is 2.35 bits per heavy atom. The van der Waals surface area contributed by atoms with Crippen LogP contribution in [0.15, 0.2) is 30.6 Å². The Bertz CT molecular complexity index is 622. The van der Waals surface area contributed by atoms with Crippen molar-refractivity contribution >= 4 is 5.91 Å². The molecule has 1 unspecified atom stereocenters. The van der Waals surface area contributed by atoms with Crippen molar-refractivity contribution < 1.29 is 4.79 Å². The van der Waals surface area contributed by atoms with Crippen LogP contribution in [0.2, 0.25) is 0 Å². The highest BCUT2D eigenvalue weighted by atomic mass is 16.1. The van der Waals surface area contributed by atoms with Crippen LogP contribution in [-0.4, -0.2) is 27.2 Å². The van der Waals surface area contributed by atoms with E-state index in [0.29, 0.717) is 13.1 Å². The molecule has 2 heterocycles. The van der Waals surface area contributed by atoms with Crippen molar-refractivity contribution in [3.63, 3.8) is 0 Å². The van der Waals surface area contributed by atoms with E-state index >= 15 is 0 Å². The number of hydrogen-bond donors (Lipinski definition) is 2. The molecular formula is C14H17N5O. The van der Waals surface area contributed by atoms with Crippen LogP contribution < -0.4 is 10.6 Å². The Labute approximate surface area is 117 Å². The number of aromatic nitrogens is 3. The molecule has 6 nitrogen and oxygen atoms in total. The standard InChI is InChI=1S/C14H17N5O/c1-19-9-17-18-13(19)8-16-14(20)12-7-15-6-10-4-2-3-5-11(10)12/h2-5,9,12,15H,6-8H2,1H3,(H,16,20). The molecule has 1 aromatic carbocycles. The van der Waals surface area contributed by atoms with Gasteiger partial charge in [-0.2, -0.15) is 0 Å². The minimum atomic E-state index is -0.145. The minimum Gasteiger partial charge on any atom is -0.348 e. The first-order chi connectivity index (χ1) is 9.75. The molecule has 1 amide bonds. The maximum Gasteiger partial charge on any atom is 0.229 e. The summed E-state index contributed by atoms with van der Waals surface area (Å²) >= 11 is 0. The van der Waals surface area contributed by atoms with E-state index < -0.39 is 0 Å². The van der Waals surface area contributed by atoms with Gasteiger partial charge in [-0.25, -0.2) is 0 Å². The lowest BCUT2D eigenvalue weighted by molar-refractivity contribution is -0.122. The molecule has 2 aromatic rings. The van der Waals surface area contributed by atoms with Gasteiger partial charge in [0.1, 0.15) is 6.33 Å². The summed E-state index contributed by atoms with van der Waals surface area (Å²) < 4.78 is 1.80. The highest BCUT2D eigenvalue weighted by Crippen LogP contribution is 2.23. The molecule has 3 rings (SSSR count). The number of rotatable bonds is 3. The third kappa shape index (κ3) is 2.42. The number of aryl methyl sites for hydroxylation is 1. The van der Waals surface area contributed by atoms with Crippen molar-refractivity contribution in [2.75, 3.05) is 6.54 Å². The lowest BCUT2D eigenvalue weighted by atomic mass is 9.90. The van der Waals surface area contributed by atoms with E-state index in [9.17, 15) is 4.79 Å². The normalized spacial score (nSPS) is 17.6. The number of nitrogens with one attached hydrogen (secondary N) is 2. The van der Waals surface area contributed by atoms with E-state index in [4.69, 9.17) is 0 Å². The summed E-state index contributed by atoms with van der Waals surface area (Å²) in [5.74, 6) is 0.622. The smallest absolute Gasteiger partial charge is 0.229 e. The third-order valence-electron chi connectivity index (χ3n) is 3.64. The molecule has 0 bridgehead atoms. The fourth-order valence-electron chi connectivity index (χ4n) is 2.49. The Morgan fingerprint density at radius 3 is 3.15 bits per heavy atom. The topological polar surface area (TPSA) is 71.8 Å². The number of fused-ring (bicyclic) bond motifs is 1. The summed E-state index contributed by atoms with van der Waals surface area (Å²) in [7, 11) is 1.86. The van der Waals surface area contributed by atoms with Crippen molar-refractivity contribution in [2.45, 2.75) is 19.0 Å². The number of amides is 1. The second kappa shape index (κ2) is 5.42. The maximum atomic E-state index is 12.4. The van der Waals surface area contributed by atoms with Crippen molar-refractivity contribution in [3.8, 4) is 0 Å². The first kappa shape index (κ1) is 12.8. The van der Waals surface area contributed by atoms with Crippen LogP contribution in [0, 0.1) is 0 Å². The molecule has 6 heteroatoms. The molecule has 1 atom stereocenters. The van der Waals surface area contributed by atoms with Crippen LogP contribution in [0.1, 0.15) is 22.9 Å². The van der Waals surface area contributed by atoms with Crippen molar-refractivity contribution in [1.29, 1.82) is 0 Å². The molecule has 1 aliphatic heterocycles. The molecule has 1 aromatic heterocycles. The van der Waals surface area contributed by atoms with Gasteiger partial charge in [0.25, 0.3) is 0 Å². The van der Waals surface area contributed by atoms with Crippen LogP contribution in [-0.2, 0) is 24.9 Å². The number of benzene rings is 1. The van der Waals surface area contributed by atoms with Gasteiger partial charge >= 0.3 is 0 Å². The van der Waals surface area contributed by atoms with E-state index in [1.807, 2.05) is 25.2 Å². The number of hydrogen-bond acceptors (Lipinski definition) is 4. The van der Waals surface area contributed by atoms with Gasteiger partial charge in [0.2, 0.25) is 5.91 Å². The van der Waals surface area contributed by atoms with E-state index in [2.05, 4.69) is 26.9 Å². The first-order valence-electron chi connectivity index (χ1n) is 6.65. The average molecular weight is 271 g/mol. The zero-order valence-electron chi connectivity index (χ0n) is 11.3. The molecule has 104 valence electrons. The Morgan fingerprint density at radius 1 is 1.50 bits per heavy atom. The summed E-state index contributed by atoms with van der Waals surface area (Å²) in [6.45, 7) is 1.89. The van der Waals surface area contributed by atoms with Gasteiger partial charge in [-0.1, -0.05) is 24.3 Å². The lowest BCUT2D eigenvalue weighted by Crippen LogP contribution is -2.38. The van der Waals surface area contributed by atoms with E-state index in [1.54, 1.807) is 10.9 Å². The van der Waals surface area contributed by atoms with Crippen LogP contribution in [0.3, 0.4) is 0 Å². The van der Waals surface area contributed by atoms with Crippen LogP contribution in [0.5, 0.6) is 0 Å². The molecule has 1 aliphatic rings. The van der Waals surface area contributed by atoms with Crippen LogP contribution in [0.4, 0.5) is 0 Å². The number of nitrogens with zero attached hydrogens (tertiary/aromatic N) is 3. The Kier molecular flexibility index (Phi) is 3.47. The van der Waals surface area contributed by atoms with Gasteiger partial charge in [-0.3, -0.25) is 4.79 Å². The highest BCUT2D eigenvalue weighted by Gasteiger charge is 2.25. The molecule has 0 saturated carbocycles. The predicted octanol–water partition coefficient (Wildman–Crippen LogP) is 0.318. The summed E-state index contributed by atoms with van der Waals surface area (Å²) in [5.41, 5.74) is 2.30. The van der Waals surface area contributed by atoms with Gasteiger partial charge < -0.3 is 15.2 Å². The van der Waals surface area contributed by atoms with Crippen molar-refractivity contribution in [3.05, 3.63) is 47.5 Å². The zero-order chi connectivity index (χ0) is 13.9. The van der Waals surface area contributed by atoms with E-state index in [0.717, 1.165) is 17.9 Å². The Hall–Kier alpha value is -2.21. The van der Waals surface area contributed by atoms with Crippen LogP contribution >= 0.6 is 0 Å². The lowest BCUT2D eigenvalue weighted by Gasteiger charge is -2.25. The molecule has 0 aliphatic carbocycles. The number of carbonyl (C=O) groups excluding carboxylic acids is 1. The van der Waals surface area contributed by atoms with Crippen LogP contribution in [0.25, 0.3) is 0 Å². The van der Waals surface area contributed by atoms with Gasteiger partial charge in [-0.05, 0) is 11.1 Å². The van der Waals surface area contributed by atoms with Gasteiger partial charge in [0, 0.05) is 20.1 Å². The number of carbonyl (C=O) groups is 1. The molecule has 20 heavy (non-hydrogen) atoms. The summed E-state index contributed by atoms with van der Waals surface area (Å²) in [6, 6.07) is 8.07. The largest absolute Gasteiger partial charge is 0.348 e. The molecule has 0 saturated heterocycles. The second-order valence-corrected chi connectivity index (χ2v) is 4.96. The van der Waals surface area contributed by atoms with Crippen molar-refractivity contribution in [2.24, 2.45) is 7.05 Å². The van der Waals surface area contributed by atoms with Gasteiger partial charge in [-0.15, -0.1) is 10.2 Å². The minimum absolute atomic E-state index is 0.0210. The maximum absolute atomic E-state index is 12.4. The summed E-state index contributed by atoms with van der Waals surface area (Å²) in [6.07, 6.45) is 1.62. The first-order valence-corrected chi connectivity index (χ1v) is 6.65. The van der Waals surface area contributed by atoms with E-state index in [1.165, 1.54) is 5.56 Å². The average Bonchev–Trinajstić information content (AvgIpc) is 2.89. The predicted molar refractivity (Wildman–Crippen MR) is 73.7 cm³/mol. The molecule has 2 N–H and O–H groups in total. The zero-order valence-corrected chi connectivity index (χ0v) is 11.3. The quantitative estimate of drug-likeness (QED) is 0.843. The molecular weight excluding hydrogens is 254 g/mol. The SMILES string of the molecule is Cn1cnnc1CNC(=O)C1CNCc2ccccc21. The molecule has 0 radical (unpaired) electrons. The second-order valence-electron chi connectivity index (χ2n) is 4.96.